The number of para-hydroxylation sites is 1. The minimum absolute atomic E-state index is 0.181. The van der Waals surface area contributed by atoms with Gasteiger partial charge in [-0.05, 0) is 41.3 Å². The van der Waals surface area contributed by atoms with Crippen molar-refractivity contribution in [1.29, 1.82) is 0 Å². The number of H-pyrrole nitrogens is 1. The monoisotopic (exact) mass is 495 g/mol. The lowest BCUT2D eigenvalue weighted by Crippen LogP contribution is -2.30. The van der Waals surface area contributed by atoms with E-state index in [-0.39, 0.29) is 5.92 Å². The number of aromatic nitrogens is 8. The lowest BCUT2D eigenvalue weighted by atomic mass is 10.2. The molecule has 0 bridgehead atoms. The van der Waals surface area contributed by atoms with Gasteiger partial charge in [0.05, 0.1) is 5.69 Å². The van der Waals surface area contributed by atoms with Crippen LogP contribution in [0.1, 0.15) is 32.6 Å². The molecule has 11 nitrogen and oxygen atoms in total. The molecule has 1 fully saturated rings. The first kappa shape index (κ1) is 23.3. The molecule has 4 heterocycles. The fourth-order valence-electron chi connectivity index (χ4n) is 4.49. The number of hydrogen-bond donors (Lipinski definition) is 1. The highest BCUT2D eigenvalue weighted by Crippen LogP contribution is 2.26. The molecule has 0 aliphatic carbocycles. The molecular weight excluding hydrogens is 466 g/mol. The molecule has 35 heavy (non-hydrogen) atoms. The first-order valence-electron chi connectivity index (χ1n) is 11.9. The van der Waals surface area contributed by atoms with Crippen molar-refractivity contribution in [1.82, 2.24) is 39.3 Å². The molecule has 1 saturated heterocycles. The number of hydrogen-bond acceptors (Lipinski definition) is 8. The number of imidazole rings is 1. The summed E-state index contributed by atoms with van der Waals surface area (Å²) < 4.78 is 5.14. The van der Waals surface area contributed by atoms with Gasteiger partial charge < -0.3 is 9.47 Å². The molecular formula is C23H29N9O2S. The fourth-order valence-corrected chi connectivity index (χ4v) is 5.39. The van der Waals surface area contributed by atoms with Crippen LogP contribution in [0.3, 0.4) is 0 Å². The zero-order valence-electron chi connectivity index (χ0n) is 19.9. The number of rotatable bonds is 7. The van der Waals surface area contributed by atoms with E-state index in [4.69, 9.17) is 4.98 Å². The zero-order chi connectivity index (χ0) is 24.4. The number of tetrazole rings is 1. The van der Waals surface area contributed by atoms with Gasteiger partial charge in [-0.1, -0.05) is 49.7 Å². The molecule has 1 atom stereocenters. The minimum Gasteiger partial charge on any atom is -0.342 e. The lowest BCUT2D eigenvalue weighted by Gasteiger charge is -2.24. The van der Waals surface area contributed by atoms with E-state index in [2.05, 4.69) is 32.3 Å². The Morgan fingerprint density at radius 1 is 1.09 bits per heavy atom. The van der Waals surface area contributed by atoms with E-state index < -0.39 is 11.2 Å². The third-order valence-electron chi connectivity index (χ3n) is 6.31. The average Bonchev–Trinajstić information content (AvgIpc) is 3.38. The number of benzene rings is 1. The fraction of sp³-hybridized carbons (Fsp3) is 0.478. The second-order valence-corrected chi connectivity index (χ2v) is 10.0. The van der Waals surface area contributed by atoms with E-state index >= 15 is 0 Å². The molecule has 1 aliphatic rings. The van der Waals surface area contributed by atoms with Crippen LogP contribution in [0.4, 0.5) is 5.95 Å². The molecule has 0 spiro atoms. The summed E-state index contributed by atoms with van der Waals surface area (Å²) in [4.78, 5) is 34.6. The SMILES string of the molecule is C[C@H](CSc1nnnn1-c1ccccc1)Cn1c(N2CCCCCC2)nc2c1c(=O)[nH]c(=O)n2C. The van der Waals surface area contributed by atoms with Gasteiger partial charge in [0.15, 0.2) is 11.2 Å². The van der Waals surface area contributed by atoms with E-state index in [9.17, 15) is 9.59 Å². The molecule has 12 heteroatoms. The summed E-state index contributed by atoms with van der Waals surface area (Å²) in [7, 11) is 1.65. The number of anilines is 1. The van der Waals surface area contributed by atoms with Gasteiger partial charge in [-0.2, -0.15) is 9.67 Å². The summed E-state index contributed by atoms with van der Waals surface area (Å²) in [6, 6.07) is 9.79. The van der Waals surface area contributed by atoms with Crippen LogP contribution < -0.4 is 16.1 Å². The molecule has 4 aromatic rings. The summed E-state index contributed by atoms with van der Waals surface area (Å²) in [6.45, 7) is 4.51. The first-order chi connectivity index (χ1) is 17.0. The van der Waals surface area contributed by atoms with Crippen LogP contribution in [0.15, 0.2) is 45.1 Å². The van der Waals surface area contributed by atoms with Crippen LogP contribution >= 0.6 is 11.8 Å². The molecule has 0 unspecified atom stereocenters. The minimum atomic E-state index is -0.453. The smallest absolute Gasteiger partial charge is 0.329 e. The average molecular weight is 496 g/mol. The van der Waals surface area contributed by atoms with Gasteiger partial charge >= 0.3 is 5.69 Å². The largest absolute Gasteiger partial charge is 0.342 e. The van der Waals surface area contributed by atoms with Crippen molar-refractivity contribution in [2.75, 3.05) is 23.7 Å². The topological polar surface area (TPSA) is 120 Å². The maximum atomic E-state index is 12.9. The maximum absolute atomic E-state index is 12.9. The summed E-state index contributed by atoms with van der Waals surface area (Å²) in [5.74, 6) is 1.69. The number of thioether (sulfide) groups is 1. The molecule has 184 valence electrons. The van der Waals surface area contributed by atoms with Crippen molar-refractivity contribution >= 4 is 28.9 Å². The molecule has 1 N–H and O–H groups in total. The standard InChI is InChI=1S/C23H29N9O2S/c1-16(15-35-23-26-27-28-32(23)17-10-6-5-7-11-17)14-31-18-19(29(2)22(34)25-20(18)33)24-21(31)30-12-8-3-4-9-13-30/h5-7,10-11,16H,3-4,8-9,12-15H2,1-2H3,(H,25,33,34)/t16-/m0/s1. The Morgan fingerprint density at radius 2 is 1.83 bits per heavy atom. The Morgan fingerprint density at radius 3 is 2.57 bits per heavy atom. The number of aromatic amines is 1. The highest BCUT2D eigenvalue weighted by molar-refractivity contribution is 7.99. The summed E-state index contributed by atoms with van der Waals surface area (Å²) in [6.07, 6.45) is 4.57. The van der Waals surface area contributed by atoms with Crippen molar-refractivity contribution in [3.05, 3.63) is 51.2 Å². The van der Waals surface area contributed by atoms with Crippen molar-refractivity contribution in [3.63, 3.8) is 0 Å². The van der Waals surface area contributed by atoms with Crippen molar-refractivity contribution in [3.8, 4) is 5.69 Å². The van der Waals surface area contributed by atoms with Gasteiger partial charge in [0.1, 0.15) is 0 Å². The molecule has 1 aromatic carbocycles. The van der Waals surface area contributed by atoms with Crippen LogP contribution in [-0.4, -0.2) is 58.2 Å². The van der Waals surface area contributed by atoms with E-state index in [0.29, 0.717) is 22.9 Å². The van der Waals surface area contributed by atoms with Crippen LogP contribution in [0, 0.1) is 5.92 Å². The van der Waals surface area contributed by atoms with Crippen LogP contribution in [0.2, 0.25) is 0 Å². The van der Waals surface area contributed by atoms with E-state index in [1.807, 2.05) is 34.9 Å². The Bertz CT molecular complexity index is 1410. The Kier molecular flexibility index (Phi) is 6.71. The van der Waals surface area contributed by atoms with Crippen molar-refractivity contribution in [2.45, 2.75) is 44.3 Å². The summed E-state index contributed by atoms with van der Waals surface area (Å²) in [5, 5.41) is 12.9. The van der Waals surface area contributed by atoms with Gasteiger partial charge in [-0.25, -0.2) is 4.79 Å². The third kappa shape index (κ3) is 4.75. The third-order valence-corrected chi connectivity index (χ3v) is 7.56. The molecule has 3 aromatic heterocycles. The number of nitrogens with zero attached hydrogens (tertiary/aromatic N) is 8. The van der Waals surface area contributed by atoms with Gasteiger partial charge in [-0.15, -0.1) is 5.10 Å². The molecule has 0 saturated carbocycles. The van der Waals surface area contributed by atoms with Gasteiger partial charge in [0.2, 0.25) is 11.1 Å². The van der Waals surface area contributed by atoms with E-state index in [1.54, 1.807) is 23.5 Å². The molecule has 0 radical (unpaired) electrons. The quantitative estimate of drug-likeness (QED) is 0.388. The van der Waals surface area contributed by atoms with Gasteiger partial charge in [-0.3, -0.25) is 14.3 Å². The van der Waals surface area contributed by atoms with Gasteiger partial charge in [0.25, 0.3) is 5.56 Å². The molecule has 0 amide bonds. The van der Waals surface area contributed by atoms with Crippen LogP contribution in [-0.2, 0) is 13.6 Å². The molecule has 5 rings (SSSR count). The summed E-state index contributed by atoms with van der Waals surface area (Å²) in [5.41, 5.74) is 0.919. The van der Waals surface area contributed by atoms with Crippen LogP contribution in [0.5, 0.6) is 0 Å². The highest BCUT2D eigenvalue weighted by Gasteiger charge is 2.24. The second-order valence-electron chi connectivity index (χ2n) is 9.04. The summed E-state index contributed by atoms with van der Waals surface area (Å²) >= 11 is 1.58. The predicted molar refractivity (Wildman–Crippen MR) is 135 cm³/mol. The van der Waals surface area contributed by atoms with E-state index in [0.717, 1.165) is 43.3 Å². The number of aryl methyl sites for hydroxylation is 1. The Labute approximate surface area is 206 Å². The molecule has 1 aliphatic heterocycles. The lowest BCUT2D eigenvalue weighted by molar-refractivity contribution is 0.533. The Hall–Kier alpha value is -3.41. The van der Waals surface area contributed by atoms with Crippen molar-refractivity contribution in [2.24, 2.45) is 13.0 Å². The van der Waals surface area contributed by atoms with Crippen molar-refractivity contribution < 1.29 is 0 Å². The predicted octanol–water partition coefficient (Wildman–Crippen LogP) is 2.21. The van der Waals surface area contributed by atoms with Crippen LogP contribution in [0.25, 0.3) is 16.9 Å². The number of fused-ring (bicyclic) bond motifs is 1. The normalized spacial score (nSPS) is 15.4. The highest BCUT2D eigenvalue weighted by atomic mass is 32.2. The first-order valence-corrected chi connectivity index (χ1v) is 12.9. The second kappa shape index (κ2) is 10.1. The zero-order valence-corrected chi connectivity index (χ0v) is 20.7. The maximum Gasteiger partial charge on any atom is 0.329 e. The van der Waals surface area contributed by atoms with Gasteiger partial charge in [0, 0.05) is 32.4 Å². The van der Waals surface area contributed by atoms with E-state index in [1.165, 1.54) is 17.4 Å². The number of nitrogens with one attached hydrogen (secondary N) is 1. The Balaban J connectivity index is 1.43.